The van der Waals surface area contributed by atoms with Gasteiger partial charge in [0.2, 0.25) is 5.91 Å². The lowest BCUT2D eigenvalue weighted by Crippen LogP contribution is -2.31. The molecule has 0 radical (unpaired) electrons. The molecule has 1 unspecified atom stereocenters. The molecule has 3 N–H and O–H groups in total. The van der Waals surface area contributed by atoms with Crippen molar-refractivity contribution in [3.63, 3.8) is 0 Å². The van der Waals surface area contributed by atoms with Gasteiger partial charge in [-0.25, -0.2) is 0 Å². The zero-order chi connectivity index (χ0) is 25.3. The SMILES string of the molecule is CCc1ccc(CCOc2ccc(CC(SC=O)C(=O)NC)cc2)nc1.O=C(O)CCC(=O)O. The number of benzene rings is 1. The predicted octanol–water partition coefficient (Wildman–Crippen LogP) is 2.78. The van der Waals surface area contributed by atoms with Crippen molar-refractivity contribution in [2.45, 2.75) is 44.3 Å². The first-order valence-corrected chi connectivity index (χ1v) is 11.6. The Morgan fingerprint density at radius 1 is 1.06 bits per heavy atom. The number of thioether (sulfide) groups is 1. The van der Waals surface area contributed by atoms with Crippen LogP contribution in [0.2, 0.25) is 0 Å². The van der Waals surface area contributed by atoms with Gasteiger partial charge in [-0.15, -0.1) is 0 Å². The molecule has 1 amide bonds. The molecule has 34 heavy (non-hydrogen) atoms. The van der Waals surface area contributed by atoms with Crippen LogP contribution < -0.4 is 10.1 Å². The third-order valence-corrected chi connectivity index (χ3v) is 5.40. The summed E-state index contributed by atoms with van der Waals surface area (Å²) in [4.78, 5) is 46.2. The molecule has 0 aliphatic carbocycles. The Bertz CT molecular complexity index is 904. The Kier molecular flexibility index (Phi) is 13.7. The molecule has 0 aliphatic rings. The fraction of sp³-hybridized carbons (Fsp3) is 0.375. The predicted molar refractivity (Wildman–Crippen MR) is 130 cm³/mol. The van der Waals surface area contributed by atoms with Gasteiger partial charge in [0.05, 0.1) is 24.7 Å². The Labute approximate surface area is 202 Å². The molecule has 1 aromatic heterocycles. The second-order valence-corrected chi connectivity index (χ2v) is 8.11. The molecule has 1 aromatic carbocycles. The van der Waals surface area contributed by atoms with E-state index in [9.17, 15) is 19.2 Å². The lowest BCUT2D eigenvalue weighted by atomic mass is 10.1. The Balaban J connectivity index is 0.000000620. The molecule has 0 saturated heterocycles. The molecule has 0 fully saturated rings. The van der Waals surface area contributed by atoms with Gasteiger partial charge in [0, 0.05) is 25.4 Å². The van der Waals surface area contributed by atoms with Crippen LogP contribution in [-0.4, -0.2) is 57.6 Å². The third-order valence-electron chi connectivity index (χ3n) is 4.58. The van der Waals surface area contributed by atoms with Crippen LogP contribution in [0.4, 0.5) is 0 Å². The fourth-order valence-corrected chi connectivity index (χ4v) is 3.33. The lowest BCUT2D eigenvalue weighted by Gasteiger charge is -2.12. The van der Waals surface area contributed by atoms with Crippen molar-refractivity contribution in [2.75, 3.05) is 13.7 Å². The molecule has 0 spiro atoms. The molecule has 0 saturated carbocycles. The van der Waals surface area contributed by atoms with Crippen molar-refractivity contribution in [3.05, 3.63) is 59.4 Å². The average molecular weight is 491 g/mol. The molecule has 0 aliphatic heterocycles. The van der Waals surface area contributed by atoms with E-state index in [4.69, 9.17) is 14.9 Å². The summed E-state index contributed by atoms with van der Waals surface area (Å²) >= 11 is 0.991. The number of nitrogens with zero attached hydrogens (tertiary/aromatic N) is 1. The molecule has 0 bridgehead atoms. The van der Waals surface area contributed by atoms with Crippen molar-refractivity contribution in [2.24, 2.45) is 0 Å². The standard InChI is InChI=1S/C20H24N2O3S.C4H6O4/c1-3-15-4-7-17(22-13-15)10-11-25-18-8-5-16(6-9-18)12-19(26-14-23)20(24)21-2;5-3(6)1-2-4(7)8/h4-9,13-14,19H,3,10-12H2,1-2H3,(H,21,24);1-2H2,(H,5,6)(H,7,8). The van der Waals surface area contributed by atoms with Crippen LogP contribution in [-0.2, 0) is 38.4 Å². The van der Waals surface area contributed by atoms with Crippen molar-refractivity contribution in [3.8, 4) is 5.75 Å². The number of aliphatic carboxylic acids is 2. The quantitative estimate of drug-likeness (QED) is 0.361. The van der Waals surface area contributed by atoms with Gasteiger partial charge in [-0.2, -0.15) is 0 Å². The smallest absolute Gasteiger partial charge is 0.303 e. The maximum Gasteiger partial charge on any atom is 0.303 e. The number of carbonyl (C=O) groups is 4. The minimum atomic E-state index is -1.08. The van der Waals surface area contributed by atoms with Crippen LogP contribution in [0.1, 0.15) is 36.6 Å². The van der Waals surface area contributed by atoms with Crippen LogP contribution in [0, 0.1) is 0 Å². The fourth-order valence-electron chi connectivity index (χ4n) is 2.67. The summed E-state index contributed by atoms with van der Waals surface area (Å²) in [5.41, 5.74) is 3.93. The van der Waals surface area contributed by atoms with Gasteiger partial charge in [0.1, 0.15) is 5.75 Å². The van der Waals surface area contributed by atoms with Gasteiger partial charge in [0.15, 0.2) is 5.62 Å². The maximum atomic E-state index is 11.8. The maximum absolute atomic E-state index is 11.8. The van der Waals surface area contributed by atoms with E-state index in [0.717, 1.165) is 41.6 Å². The number of aromatic nitrogens is 1. The van der Waals surface area contributed by atoms with E-state index in [2.05, 4.69) is 23.3 Å². The van der Waals surface area contributed by atoms with Gasteiger partial charge >= 0.3 is 11.9 Å². The zero-order valence-electron chi connectivity index (χ0n) is 19.2. The molecule has 184 valence electrons. The summed E-state index contributed by atoms with van der Waals surface area (Å²) in [6.45, 7) is 2.66. The highest BCUT2D eigenvalue weighted by molar-refractivity contribution is 8.13. The van der Waals surface area contributed by atoms with Crippen LogP contribution in [0.5, 0.6) is 5.75 Å². The Morgan fingerprint density at radius 2 is 1.68 bits per heavy atom. The van der Waals surface area contributed by atoms with Crippen LogP contribution in [0.3, 0.4) is 0 Å². The summed E-state index contributed by atoms with van der Waals surface area (Å²) in [7, 11) is 1.57. The number of ether oxygens (including phenoxy) is 1. The van der Waals surface area contributed by atoms with E-state index >= 15 is 0 Å². The van der Waals surface area contributed by atoms with Crippen molar-refractivity contribution in [1.82, 2.24) is 10.3 Å². The first-order chi connectivity index (χ1) is 16.3. The number of hydrogen-bond donors (Lipinski definition) is 3. The highest BCUT2D eigenvalue weighted by atomic mass is 32.2. The normalized spacial score (nSPS) is 10.9. The average Bonchev–Trinajstić information content (AvgIpc) is 2.84. The van der Waals surface area contributed by atoms with Gasteiger partial charge in [-0.05, 0) is 42.2 Å². The molecule has 10 heteroatoms. The van der Waals surface area contributed by atoms with Gasteiger partial charge in [0.25, 0.3) is 0 Å². The number of rotatable bonds is 13. The van der Waals surface area contributed by atoms with E-state index in [1.165, 1.54) is 5.56 Å². The molecule has 1 heterocycles. The molecule has 2 aromatic rings. The van der Waals surface area contributed by atoms with Crippen molar-refractivity contribution >= 4 is 35.2 Å². The van der Waals surface area contributed by atoms with Crippen LogP contribution in [0.25, 0.3) is 0 Å². The second kappa shape index (κ2) is 16.2. The molecule has 9 nitrogen and oxygen atoms in total. The molecular weight excluding hydrogens is 460 g/mol. The van der Waals surface area contributed by atoms with E-state index in [1.807, 2.05) is 36.5 Å². The van der Waals surface area contributed by atoms with Crippen molar-refractivity contribution < 1.29 is 34.1 Å². The summed E-state index contributed by atoms with van der Waals surface area (Å²) < 4.78 is 5.76. The number of carbonyl (C=O) groups excluding carboxylic acids is 2. The Hall–Kier alpha value is -3.40. The molecule has 2 rings (SSSR count). The Morgan fingerprint density at radius 3 is 2.15 bits per heavy atom. The summed E-state index contributed by atoms with van der Waals surface area (Å²) in [5.74, 6) is -1.53. The minimum absolute atomic E-state index is 0.149. The summed E-state index contributed by atoms with van der Waals surface area (Å²) in [6.07, 6.45) is 3.55. The number of amides is 1. The number of carboxylic acids is 2. The number of aryl methyl sites for hydroxylation is 1. The van der Waals surface area contributed by atoms with Crippen LogP contribution in [0.15, 0.2) is 42.6 Å². The highest BCUT2D eigenvalue weighted by Crippen LogP contribution is 2.18. The molecular formula is C24H30N2O7S. The first-order valence-electron chi connectivity index (χ1n) is 10.7. The zero-order valence-corrected chi connectivity index (χ0v) is 20.0. The van der Waals surface area contributed by atoms with Crippen molar-refractivity contribution in [1.29, 1.82) is 0 Å². The summed E-state index contributed by atoms with van der Waals surface area (Å²) in [6, 6.07) is 11.7. The number of pyridine rings is 1. The van der Waals surface area contributed by atoms with E-state index in [0.29, 0.717) is 18.6 Å². The van der Waals surface area contributed by atoms with E-state index < -0.39 is 17.2 Å². The van der Waals surface area contributed by atoms with Gasteiger partial charge < -0.3 is 20.3 Å². The van der Waals surface area contributed by atoms with E-state index in [1.54, 1.807) is 7.05 Å². The van der Waals surface area contributed by atoms with Crippen LogP contribution >= 0.6 is 11.8 Å². The minimum Gasteiger partial charge on any atom is -0.493 e. The second-order valence-electron chi connectivity index (χ2n) is 7.08. The molecule has 1 atom stereocenters. The van der Waals surface area contributed by atoms with Gasteiger partial charge in [-0.1, -0.05) is 36.9 Å². The van der Waals surface area contributed by atoms with E-state index in [-0.39, 0.29) is 18.7 Å². The lowest BCUT2D eigenvalue weighted by molar-refractivity contribution is -0.143. The number of carboxylic acid groups (broad SMARTS) is 2. The largest absolute Gasteiger partial charge is 0.493 e. The summed E-state index contributed by atoms with van der Waals surface area (Å²) in [5, 5.41) is 18.0. The topological polar surface area (TPSA) is 143 Å². The van der Waals surface area contributed by atoms with Gasteiger partial charge in [-0.3, -0.25) is 24.2 Å². The number of nitrogens with one attached hydrogen (secondary N) is 1. The third kappa shape index (κ3) is 12.0. The number of hydrogen-bond acceptors (Lipinski definition) is 7. The monoisotopic (exact) mass is 490 g/mol. The first kappa shape index (κ1) is 28.6. The highest BCUT2D eigenvalue weighted by Gasteiger charge is 2.18.